The maximum atomic E-state index is 14.1. The monoisotopic (exact) mass is 460 g/mol. The van der Waals surface area contributed by atoms with Crippen molar-refractivity contribution in [3.05, 3.63) is 71.8 Å². The lowest BCUT2D eigenvalue weighted by Crippen LogP contribution is -2.74. The van der Waals surface area contributed by atoms with Gasteiger partial charge in [0, 0.05) is 26.2 Å². The molecule has 180 valence electrons. The van der Waals surface area contributed by atoms with Gasteiger partial charge in [0.05, 0.1) is 23.7 Å². The zero-order valence-electron chi connectivity index (χ0n) is 20.8. The average molecular weight is 461 g/mol. The molecule has 2 aliphatic rings. The molecule has 0 spiro atoms. The molecule has 0 aliphatic carbocycles. The molecule has 2 heterocycles. The van der Waals surface area contributed by atoms with Crippen molar-refractivity contribution in [1.82, 2.24) is 9.80 Å². The van der Waals surface area contributed by atoms with Gasteiger partial charge < -0.3 is 9.80 Å². The average Bonchev–Trinajstić information content (AvgIpc) is 2.80. The van der Waals surface area contributed by atoms with Gasteiger partial charge in [0.15, 0.2) is 5.78 Å². The molecule has 2 aromatic rings. The zero-order chi connectivity index (χ0) is 24.5. The minimum atomic E-state index is -0.751. The number of rotatable bonds is 6. The molecule has 2 amide bonds. The number of amides is 2. The van der Waals surface area contributed by atoms with Crippen LogP contribution in [0.4, 0.5) is 0 Å². The number of likely N-dealkylation sites (tertiary alicyclic amines) is 2. The van der Waals surface area contributed by atoms with Crippen LogP contribution < -0.4 is 0 Å². The second kappa shape index (κ2) is 9.36. The number of hydrogen-bond donors (Lipinski definition) is 0. The van der Waals surface area contributed by atoms with E-state index in [0.29, 0.717) is 39.0 Å². The van der Waals surface area contributed by atoms with Crippen LogP contribution in [0, 0.1) is 22.7 Å². The molecular weight excluding hydrogens is 424 g/mol. The van der Waals surface area contributed by atoms with Crippen molar-refractivity contribution in [1.29, 1.82) is 0 Å². The summed E-state index contributed by atoms with van der Waals surface area (Å²) in [5, 5.41) is 0. The Morgan fingerprint density at radius 2 is 1.00 bits per heavy atom. The molecule has 0 N–H and O–H groups in total. The SMILES string of the molecule is CC(C)C12CN(C(=O)Cc3ccccc3)CC(C(C)C)(CN(C(=O)Cc3ccccc3)C1)C2=O. The second-order valence-corrected chi connectivity index (χ2v) is 10.8. The van der Waals surface area contributed by atoms with Crippen LogP contribution >= 0.6 is 0 Å². The molecule has 0 aromatic heterocycles. The molecule has 4 rings (SSSR count). The Kier molecular flexibility index (Phi) is 6.66. The van der Waals surface area contributed by atoms with Crippen LogP contribution in [0.25, 0.3) is 0 Å². The van der Waals surface area contributed by atoms with Gasteiger partial charge in [0.25, 0.3) is 0 Å². The van der Waals surface area contributed by atoms with E-state index in [0.717, 1.165) is 11.1 Å². The number of fused-ring (bicyclic) bond motifs is 2. The van der Waals surface area contributed by atoms with E-state index >= 15 is 0 Å². The molecule has 2 saturated heterocycles. The number of carbonyl (C=O) groups excluding carboxylic acids is 3. The van der Waals surface area contributed by atoms with Crippen molar-refractivity contribution in [2.45, 2.75) is 40.5 Å². The van der Waals surface area contributed by atoms with Gasteiger partial charge in [0.1, 0.15) is 0 Å². The molecule has 5 heteroatoms. The van der Waals surface area contributed by atoms with Gasteiger partial charge in [-0.15, -0.1) is 0 Å². The summed E-state index contributed by atoms with van der Waals surface area (Å²) in [6, 6.07) is 19.5. The van der Waals surface area contributed by atoms with Crippen molar-refractivity contribution in [2.75, 3.05) is 26.2 Å². The van der Waals surface area contributed by atoms with Crippen molar-refractivity contribution < 1.29 is 14.4 Å². The first-order valence-electron chi connectivity index (χ1n) is 12.4. The number of hydrogen-bond acceptors (Lipinski definition) is 3. The third kappa shape index (κ3) is 4.28. The van der Waals surface area contributed by atoms with Crippen LogP contribution in [0.3, 0.4) is 0 Å². The van der Waals surface area contributed by atoms with Crippen molar-refractivity contribution in [2.24, 2.45) is 22.7 Å². The molecule has 5 nitrogen and oxygen atoms in total. The largest absolute Gasteiger partial charge is 0.340 e. The molecule has 2 aromatic carbocycles. The van der Waals surface area contributed by atoms with Gasteiger partial charge in [-0.1, -0.05) is 88.4 Å². The molecule has 2 fully saturated rings. The van der Waals surface area contributed by atoms with Gasteiger partial charge in [0.2, 0.25) is 11.8 Å². The fourth-order valence-electron chi connectivity index (χ4n) is 5.73. The molecule has 0 radical (unpaired) electrons. The quantitative estimate of drug-likeness (QED) is 0.655. The second-order valence-electron chi connectivity index (χ2n) is 10.8. The van der Waals surface area contributed by atoms with Crippen LogP contribution in [0.2, 0.25) is 0 Å². The molecule has 0 atom stereocenters. The lowest BCUT2D eigenvalue weighted by molar-refractivity contribution is -0.178. The summed E-state index contributed by atoms with van der Waals surface area (Å²) in [6.07, 6.45) is 0.655. The minimum Gasteiger partial charge on any atom is -0.340 e. The highest BCUT2D eigenvalue weighted by Crippen LogP contribution is 2.50. The number of nitrogens with zero attached hydrogens (tertiary/aromatic N) is 2. The van der Waals surface area contributed by atoms with Gasteiger partial charge in [-0.25, -0.2) is 0 Å². The van der Waals surface area contributed by atoms with Gasteiger partial charge in [-0.3, -0.25) is 14.4 Å². The van der Waals surface area contributed by atoms with Crippen LogP contribution in [-0.4, -0.2) is 53.6 Å². The predicted molar refractivity (Wildman–Crippen MR) is 133 cm³/mol. The van der Waals surface area contributed by atoms with E-state index in [2.05, 4.69) is 27.7 Å². The number of ketones is 1. The van der Waals surface area contributed by atoms with Crippen LogP contribution in [0.5, 0.6) is 0 Å². The lowest BCUT2D eigenvalue weighted by atomic mass is 9.55. The van der Waals surface area contributed by atoms with E-state index in [9.17, 15) is 14.4 Å². The Bertz CT molecular complexity index is 950. The Hall–Kier alpha value is -2.95. The summed E-state index contributed by atoms with van der Waals surface area (Å²) in [5.74, 6) is 0.365. The maximum Gasteiger partial charge on any atom is 0.227 e. The van der Waals surface area contributed by atoms with E-state index in [4.69, 9.17) is 0 Å². The number of Topliss-reactive ketones (excluding diaryl/α,β-unsaturated/α-hetero) is 1. The molecule has 34 heavy (non-hydrogen) atoms. The third-order valence-corrected chi connectivity index (χ3v) is 8.11. The summed E-state index contributed by atoms with van der Waals surface area (Å²) >= 11 is 0. The van der Waals surface area contributed by atoms with Gasteiger partial charge in [-0.05, 0) is 23.0 Å². The third-order valence-electron chi connectivity index (χ3n) is 8.11. The smallest absolute Gasteiger partial charge is 0.227 e. The molecule has 2 aliphatic heterocycles. The fourth-order valence-corrected chi connectivity index (χ4v) is 5.73. The maximum absolute atomic E-state index is 14.1. The zero-order valence-corrected chi connectivity index (χ0v) is 20.8. The molecular formula is C29H36N2O3. The van der Waals surface area contributed by atoms with Crippen LogP contribution in [-0.2, 0) is 27.2 Å². The van der Waals surface area contributed by atoms with E-state index in [1.54, 1.807) is 0 Å². The van der Waals surface area contributed by atoms with Crippen LogP contribution in [0.15, 0.2) is 60.7 Å². The number of piperidine rings is 2. The van der Waals surface area contributed by atoms with Gasteiger partial charge in [-0.2, -0.15) is 0 Å². The summed E-state index contributed by atoms with van der Waals surface area (Å²) in [5.41, 5.74) is 0.455. The highest BCUT2D eigenvalue weighted by atomic mass is 16.2. The molecule has 0 saturated carbocycles. The van der Waals surface area contributed by atoms with Gasteiger partial charge >= 0.3 is 0 Å². The standard InChI is InChI=1S/C29H36N2O3/c1-21(2)28-17-30(25(32)15-23-11-7-5-8-12-23)19-29(22(3)4,27(28)34)20-31(18-28)26(33)16-24-13-9-6-10-14-24/h5-14,21-22H,15-20H2,1-4H3. The topological polar surface area (TPSA) is 57.7 Å². The first-order chi connectivity index (χ1) is 16.2. The summed E-state index contributed by atoms with van der Waals surface area (Å²) in [7, 11) is 0. The number of carbonyl (C=O) groups is 3. The summed E-state index contributed by atoms with van der Waals surface area (Å²) in [6.45, 7) is 9.71. The predicted octanol–water partition coefficient (Wildman–Crippen LogP) is 4.01. The highest BCUT2D eigenvalue weighted by molar-refractivity contribution is 5.97. The Balaban J connectivity index is 1.65. The normalized spacial score (nSPS) is 24.6. The van der Waals surface area contributed by atoms with Crippen molar-refractivity contribution >= 4 is 17.6 Å². The first kappa shape index (κ1) is 24.2. The Labute approximate surface area is 203 Å². The van der Waals surface area contributed by atoms with Crippen LogP contribution in [0.1, 0.15) is 38.8 Å². The van der Waals surface area contributed by atoms with E-state index in [1.165, 1.54) is 0 Å². The minimum absolute atomic E-state index is 0.0118. The van der Waals surface area contributed by atoms with Crippen molar-refractivity contribution in [3.8, 4) is 0 Å². The summed E-state index contributed by atoms with van der Waals surface area (Å²) in [4.78, 5) is 44.8. The highest BCUT2D eigenvalue weighted by Gasteiger charge is 2.63. The van der Waals surface area contributed by atoms with Crippen molar-refractivity contribution in [3.63, 3.8) is 0 Å². The van der Waals surface area contributed by atoms with E-state index in [-0.39, 0.29) is 29.4 Å². The van der Waals surface area contributed by atoms with E-state index < -0.39 is 10.8 Å². The fraction of sp³-hybridized carbons (Fsp3) is 0.483. The first-order valence-corrected chi connectivity index (χ1v) is 12.4. The number of benzene rings is 2. The Morgan fingerprint density at radius 3 is 1.29 bits per heavy atom. The lowest BCUT2D eigenvalue weighted by Gasteiger charge is -2.60. The molecule has 2 bridgehead atoms. The summed E-state index contributed by atoms with van der Waals surface area (Å²) < 4.78 is 0. The van der Waals surface area contributed by atoms with E-state index in [1.807, 2.05) is 70.5 Å². The Morgan fingerprint density at radius 1 is 0.676 bits per heavy atom. The molecule has 0 unspecified atom stereocenters.